The van der Waals surface area contributed by atoms with Gasteiger partial charge in [0, 0.05) is 92.9 Å². The highest BCUT2D eigenvalue weighted by Crippen LogP contribution is 2.78. The van der Waals surface area contributed by atoms with Crippen LogP contribution in [0.15, 0.2) is 64.5 Å². The van der Waals surface area contributed by atoms with Crippen LogP contribution in [-0.4, -0.2) is 140 Å². The maximum atomic E-state index is 13.4. The summed E-state index contributed by atoms with van der Waals surface area (Å²) in [6, 6.07) is 4.74. The summed E-state index contributed by atoms with van der Waals surface area (Å²) in [7, 11) is 8.53. The molecule has 3 heterocycles. The van der Waals surface area contributed by atoms with Crippen LogP contribution in [0.25, 0.3) is 21.9 Å². The summed E-state index contributed by atoms with van der Waals surface area (Å²) in [5, 5.41) is 17.1. The number of nitrogens with zero attached hydrogens (tertiary/aromatic N) is 4. The first-order valence-electron chi connectivity index (χ1n) is 22.8. The molecule has 2 aliphatic carbocycles. The second-order valence-corrected chi connectivity index (χ2v) is 16.5. The van der Waals surface area contributed by atoms with Gasteiger partial charge in [-0.25, -0.2) is 0 Å². The van der Waals surface area contributed by atoms with Gasteiger partial charge in [-0.15, -0.1) is 0 Å². The van der Waals surface area contributed by atoms with Gasteiger partial charge in [0.2, 0.25) is 11.8 Å². The van der Waals surface area contributed by atoms with Crippen molar-refractivity contribution in [3.8, 4) is 22.6 Å². The Morgan fingerprint density at radius 1 is 0.971 bits per heavy atom. The number of hydrogen-bond acceptors (Lipinski definition) is 14. The number of rotatable bonds is 25. The number of amides is 4. The molecule has 6 rings (SSSR count). The SMILES string of the molecule is C/C=C(/NCCOCCOCCC(=O)NC12CC1(CN(C)Cc1c(OC)cc(-c3cn(C)c(=O)c4cnccc34)cc1OC)C2)C1=C(CC)C(=O)N(C(C=O)CCC(=O)NC)C1=O.CC.O=CO. The molecule has 4 N–H and O–H groups in total. The van der Waals surface area contributed by atoms with Gasteiger partial charge >= 0.3 is 0 Å². The molecule has 0 radical (unpaired) electrons. The number of hydrogen-bond donors (Lipinski definition) is 4. The molecule has 3 aromatic rings. The Morgan fingerprint density at radius 3 is 2.21 bits per heavy atom. The van der Waals surface area contributed by atoms with Crippen LogP contribution in [0.4, 0.5) is 0 Å². The molecule has 1 unspecified atom stereocenters. The van der Waals surface area contributed by atoms with Crippen LogP contribution in [0.2, 0.25) is 0 Å². The zero-order valence-corrected chi connectivity index (χ0v) is 40.7. The minimum absolute atomic E-state index is 0.00318. The molecule has 1 aromatic carbocycles. The number of fused-ring (bicyclic) bond motifs is 2. The molecule has 0 saturated heterocycles. The van der Waals surface area contributed by atoms with Gasteiger partial charge in [-0.3, -0.25) is 38.7 Å². The van der Waals surface area contributed by atoms with E-state index in [1.807, 2.05) is 38.2 Å². The fourth-order valence-corrected chi connectivity index (χ4v) is 8.75. The van der Waals surface area contributed by atoms with Gasteiger partial charge in [0.15, 0.2) is 0 Å². The number of carboxylic acid groups (broad SMARTS) is 1. The molecule has 68 heavy (non-hydrogen) atoms. The Kier molecular flexibility index (Phi) is 20.0. The number of imide groups is 1. The molecule has 19 nitrogen and oxygen atoms in total. The predicted molar refractivity (Wildman–Crippen MR) is 255 cm³/mol. The van der Waals surface area contributed by atoms with Crippen LogP contribution in [0.3, 0.4) is 0 Å². The Balaban J connectivity index is 0.00000194. The van der Waals surface area contributed by atoms with Crippen LogP contribution >= 0.6 is 0 Å². The highest BCUT2D eigenvalue weighted by Gasteiger charge is 2.83. The molecular weight excluding hydrogens is 879 g/mol. The van der Waals surface area contributed by atoms with E-state index in [2.05, 4.69) is 32.9 Å². The fourth-order valence-electron chi connectivity index (χ4n) is 8.75. The topological polar surface area (TPSA) is 237 Å². The van der Waals surface area contributed by atoms with Crippen molar-refractivity contribution in [2.45, 2.75) is 84.3 Å². The number of nitrogens with one attached hydrogen (secondary N) is 3. The van der Waals surface area contributed by atoms with E-state index in [1.54, 1.807) is 58.2 Å². The summed E-state index contributed by atoms with van der Waals surface area (Å²) >= 11 is 0. The van der Waals surface area contributed by atoms with Gasteiger partial charge in [-0.05, 0) is 68.8 Å². The van der Waals surface area contributed by atoms with E-state index in [-0.39, 0.29) is 66.2 Å². The average molecular weight is 946 g/mol. The van der Waals surface area contributed by atoms with Crippen molar-refractivity contribution >= 4 is 47.2 Å². The molecule has 19 heteroatoms. The second kappa shape index (κ2) is 25.1. The minimum atomic E-state index is -1.04. The maximum Gasteiger partial charge on any atom is 0.290 e. The third-order valence-corrected chi connectivity index (χ3v) is 12.3. The predicted octanol–water partition coefficient (Wildman–Crippen LogP) is 3.51. The monoisotopic (exact) mass is 945 g/mol. The second-order valence-electron chi connectivity index (χ2n) is 16.5. The van der Waals surface area contributed by atoms with Crippen LogP contribution < -0.4 is 31.0 Å². The van der Waals surface area contributed by atoms with E-state index in [1.165, 1.54) is 7.05 Å². The van der Waals surface area contributed by atoms with E-state index in [0.29, 0.717) is 73.8 Å². The summed E-state index contributed by atoms with van der Waals surface area (Å²) in [4.78, 5) is 91.6. The van der Waals surface area contributed by atoms with E-state index in [0.717, 1.165) is 46.4 Å². The van der Waals surface area contributed by atoms with Crippen molar-refractivity contribution in [2.24, 2.45) is 12.5 Å². The normalized spacial score (nSPS) is 18.4. The van der Waals surface area contributed by atoms with Crippen LogP contribution in [0.1, 0.15) is 71.8 Å². The van der Waals surface area contributed by atoms with Crippen molar-refractivity contribution in [3.05, 3.63) is 75.6 Å². The number of aryl methyl sites for hydroxylation is 1. The molecule has 1 atom stereocenters. The number of allylic oxidation sites excluding steroid dienone is 1. The number of aldehydes is 1. The van der Waals surface area contributed by atoms with E-state index < -0.39 is 17.9 Å². The number of pyridine rings is 2. The molecule has 0 spiro atoms. The zero-order valence-electron chi connectivity index (χ0n) is 40.7. The number of carbonyl (C=O) groups is 6. The summed E-state index contributed by atoms with van der Waals surface area (Å²) in [5.74, 6) is -0.0802. The molecular formula is C49H67N7O12. The van der Waals surface area contributed by atoms with Gasteiger partial charge in [-0.2, -0.15) is 0 Å². The van der Waals surface area contributed by atoms with Gasteiger partial charge < -0.3 is 54.3 Å². The summed E-state index contributed by atoms with van der Waals surface area (Å²) in [6.45, 7) is 10.1. The molecule has 370 valence electrons. The van der Waals surface area contributed by atoms with Crippen molar-refractivity contribution in [1.82, 2.24) is 35.3 Å². The molecule has 0 bridgehead atoms. The third-order valence-electron chi connectivity index (χ3n) is 12.3. The molecule has 3 aliphatic rings. The van der Waals surface area contributed by atoms with Gasteiger partial charge in [0.1, 0.15) is 17.8 Å². The lowest BCUT2D eigenvalue weighted by Gasteiger charge is -2.22. The van der Waals surface area contributed by atoms with Crippen molar-refractivity contribution in [1.29, 1.82) is 0 Å². The van der Waals surface area contributed by atoms with Crippen LogP contribution in [0.5, 0.6) is 11.5 Å². The Bertz CT molecular complexity index is 2400. The lowest BCUT2D eigenvalue weighted by Crippen LogP contribution is -2.43. The highest BCUT2D eigenvalue weighted by molar-refractivity contribution is 6.22. The molecule has 2 fully saturated rings. The zero-order chi connectivity index (χ0) is 50.2. The smallest absolute Gasteiger partial charge is 0.290 e. The lowest BCUT2D eigenvalue weighted by molar-refractivity contribution is -0.143. The fraction of sp³-hybridized carbons (Fsp3) is 0.510. The summed E-state index contributed by atoms with van der Waals surface area (Å²) < 4.78 is 24.7. The van der Waals surface area contributed by atoms with Crippen molar-refractivity contribution in [2.75, 3.05) is 67.8 Å². The quantitative estimate of drug-likeness (QED) is 0.0541. The third kappa shape index (κ3) is 12.4. The Labute approximate surface area is 397 Å². The van der Waals surface area contributed by atoms with Gasteiger partial charge in [0.25, 0.3) is 23.8 Å². The summed E-state index contributed by atoms with van der Waals surface area (Å²) in [6.07, 6.45) is 9.73. The molecule has 2 saturated carbocycles. The summed E-state index contributed by atoms with van der Waals surface area (Å²) in [5.41, 5.74) is 3.36. The van der Waals surface area contributed by atoms with Crippen molar-refractivity contribution in [3.63, 3.8) is 0 Å². The van der Waals surface area contributed by atoms with E-state index >= 15 is 0 Å². The number of carbonyl (C=O) groups excluding carboxylic acids is 5. The number of aromatic nitrogens is 2. The number of methoxy groups -OCH3 is 2. The molecule has 1 aliphatic heterocycles. The van der Waals surface area contributed by atoms with Gasteiger partial charge in [-0.1, -0.05) is 26.8 Å². The van der Waals surface area contributed by atoms with E-state index in [9.17, 15) is 28.8 Å². The lowest BCUT2D eigenvalue weighted by atomic mass is 9.99. The minimum Gasteiger partial charge on any atom is -0.496 e. The first-order chi connectivity index (χ1) is 32.7. The van der Waals surface area contributed by atoms with E-state index in [4.69, 9.17) is 28.8 Å². The number of benzene rings is 1. The average Bonchev–Trinajstić information content (AvgIpc) is 4.12. The van der Waals surface area contributed by atoms with Crippen LogP contribution in [0, 0.1) is 5.41 Å². The van der Waals surface area contributed by atoms with Crippen LogP contribution in [-0.2, 0) is 51.8 Å². The molecule has 4 amide bonds. The van der Waals surface area contributed by atoms with Crippen molar-refractivity contribution < 1.29 is 52.8 Å². The largest absolute Gasteiger partial charge is 0.496 e. The Morgan fingerprint density at radius 2 is 1.62 bits per heavy atom. The van der Waals surface area contributed by atoms with Gasteiger partial charge in [0.05, 0.1) is 63.2 Å². The standard InChI is InChI=1S/C46H59N7O10.C2H6.CH2O2/c1-8-31-41(44(59)53(43(31)58)30(25-54)10-11-39(55)47-3)36(9-2)49-15-17-63-19-18-62-16-13-40(56)50-46-26-45(46,27-46)28-51(4)23-35-37(60-6)20-29(21-38(35)61-7)34-24-52(5)42(57)33-22-48-14-12-32(33)34;1-2;2-1-3/h9,12,14,20-22,24-25,30,49H,8,10-11,13,15-19,23,26-28H2,1-7H3,(H,47,55)(H,50,56);1-2H3;1H,(H,2,3)/b36-9+;;. The first-order valence-corrected chi connectivity index (χ1v) is 22.8. The maximum absolute atomic E-state index is 13.4. The number of ether oxygens (including phenoxy) is 4. The highest BCUT2D eigenvalue weighted by atomic mass is 16.5. The molecule has 2 aromatic heterocycles. The Hall–Kier alpha value is -6.44. The first kappa shape index (κ1) is 54.2.